The number of hydrogen-bond acceptors (Lipinski definition) is 4. The fourth-order valence-electron chi connectivity index (χ4n) is 1.90. The SMILES string of the molecule is CC(CO)(CCCSc1cccs1)NC1CC1. The van der Waals surface area contributed by atoms with Gasteiger partial charge in [0.15, 0.2) is 0 Å². The quantitative estimate of drug-likeness (QED) is 0.563. The molecule has 0 spiro atoms. The van der Waals surface area contributed by atoms with E-state index in [-0.39, 0.29) is 12.1 Å². The Morgan fingerprint density at radius 2 is 2.41 bits per heavy atom. The number of aliphatic hydroxyl groups excluding tert-OH is 1. The van der Waals surface area contributed by atoms with Crippen molar-refractivity contribution >= 4 is 23.1 Å². The van der Waals surface area contributed by atoms with Crippen molar-refractivity contribution in [2.24, 2.45) is 0 Å². The lowest BCUT2D eigenvalue weighted by Gasteiger charge is -2.29. The van der Waals surface area contributed by atoms with Crippen LogP contribution in [0.1, 0.15) is 32.6 Å². The Balaban J connectivity index is 1.65. The summed E-state index contributed by atoms with van der Waals surface area (Å²) in [5, 5.41) is 15.2. The smallest absolute Gasteiger partial charge is 0.0610 e. The van der Waals surface area contributed by atoms with Crippen molar-refractivity contribution in [1.29, 1.82) is 0 Å². The molecule has 4 heteroatoms. The van der Waals surface area contributed by atoms with Gasteiger partial charge in [0.05, 0.1) is 10.8 Å². The minimum atomic E-state index is -0.0722. The van der Waals surface area contributed by atoms with E-state index in [0.717, 1.165) is 18.6 Å². The second-order valence-corrected chi connectivity index (χ2v) is 7.36. The number of thiophene rings is 1. The first-order chi connectivity index (χ1) is 8.22. The maximum absolute atomic E-state index is 9.48. The molecule has 96 valence electrons. The molecule has 0 bridgehead atoms. The Morgan fingerprint density at radius 1 is 1.59 bits per heavy atom. The summed E-state index contributed by atoms with van der Waals surface area (Å²) < 4.78 is 1.39. The molecule has 1 aliphatic carbocycles. The van der Waals surface area contributed by atoms with E-state index in [1.807, 2.05) is 11.8 Å². The summed E-state index contributed by atoms with van der Waals surface area (Å²) in [6.07, 6.45) is 4.76. The van der Waals surface area contributed by atoms with Gasteiger partial charge < -0.3 is 10.4 Å². The Morgan fingerprint density at radius 3 is 3.00 bits per heavy atom. The van der Waals surface area contributed by atoms with Crippen LogP contribution in [-0.2, 0) is 0 Å². The highest BCUT2D eigenvalue weighted by molar-refractivity contribution is 8.01. The van der Waals surface area contributed by atoms with Crippen LogP contribution in [0, 0.1) is 0 Å². The fraction of sp³-hybridized carbons (Fsp3) is 0.692. The van der Waals surface area contributed by atoms with Crippen LogP contribution >= 0.6 is 23.1 Å². The molecule has 0 aromatic carbocycles. The minimum absolute atomic E-state index is 0.0722. The molecule has 1 aliphatic rings. The fourth-order valence-corrected chi connectivity index (χ4v) is 3.70. The molecule has 0 saturated heterocycles. The zero-order valence-electron chi connectivity index (χ0n) is 10.3. The van der Waals surface area contributed by atoms with Crippen LogP contribution in [0.3, 0.4) is 0 Å². The summed E-state index contributed by atoms with van der Waals surface area (Å²) in [7, 11) is 0. The van der Waals surface area contributed by atoms with Gasteiger partial charge in [0.1, 0.15) is 0 Å². The maximum Gasteiger partial charge on any atom is 0.0610 e. The largest absolute Gasteiger partial charge is 0.394 e. The average molecular weight is 271 g/mol. The Hall–Kier alpha value is -0.0300. The number of thioether (sulfide) groups is 1. The van der Waals surface area contributed by atoms with Crippen molar-refractivity contribution in [2.45, 2.75) is 48.4 Å². The highest BCUT2D eigenvalue weighted by atomic mass is 32.2. The van der Waals surface area contributed by atoms with Crippen molar-refractivity contribution in [3.63, 3.8) is 0 Å². The molecule has 0 aliphatic heterocycles. The van der Waals surface area contributed by atoms with Crippen LogP contribution < -0.4 is 5.32 Å². The predicted octanol–water partition coefficient (Wildman–Crippen LogP) is 3.12. The van der Waals surface area contributed by atoms with Gasteiger partial charge in [0.25, 0.3) is 0 Å². The van der Waals surface area contributed by atoms with Gasteiger partial charge in [-0.05, 0) is 49.8 Å². The van der Waals surface area contributed by atoms with E-state index in [2.05, 4.69) is 29.8 Å². The second-order valence-electron chi connectivity index (χ2n) is 5.02. The Kier molecular flexibility index (Phi) is 4.91. The number of rotatable bonds is 8. The summed E-state index contributed by atoms with van der Waals surface area (Å²) in [5.74, 6) is 1.14. The highest BCUT2D eigenvalue weighted by Crippen LogP contribution is 2.27. The predicted molar refractivity (Wildman–Crippen MR) is 75.9 cm³/mol. The lowest BCUT2D eigenvalue weighted by atomic mass is 9.97. The van der Waals surface area contributed by atoms with Crippen molar-refractivity contribution in [3.05, 3.63) is 17.5 Å². The number of hydrogen-bond donors (Lipinski definition) is 2. The zero-order chi connectivity index (χ0) is 12.1. The van der Waals surface area contributed by atoms with Gasteiger partial charge in [0.2, 0.25) is 0 Å². The van der Waals surface area contributed by atoms with E-state index in [4.69, 9.17) is 0 Å². The molecule has 0 radical (unpaired) electrons. The molecule has 1 saturated carbocycles. The third-order valence-corrected chi connectivity index (χ3v) is 5.31. The van der Waals surface area contributed by atoms with Crippen LogP contribution in [0.2, 0.25) is 0 Å². The Labute approximate surface area is 112 Å². The average Bonchev–Trinajstić information content (AvgIpc) is 2.97. The van der Waals surface area contributed by atoms with Crippen LogP contribution in [0.5, 0.6) is 0 Å². The van der Waals surface area contributed by atoms with Crippen LogP contribution in [0.4, 0.5) is 0 Å². The third kappa shape index (κ3) is 4.62. The summed E-state index contributed by atoms with van der Waals surface area (Å²) in [4.78, 5) is 0. The van der Waals surface area contributed by atoms with E-state index >= 15 is 0 Å². The Bertz CT molecular complexity index is 324. The molecule has 2 N–H and O–H groups in total. The van der Waals surface area contributed by atoms with Crippen LogP contribution in [-0.4, -0.2) is 29.0 Å². The summed E-state index contributed by atoms with van der Waals surface area (Å²) in [6.45, 7) is 2.38. The van der Waals surface area contributed by atoms with Gasteiger partial charge in [-0.15, -0.1) is 23.1 Å². The lowest BCUT2D eigenvalue weighted by Crippen LogP contribution is -2.46. The molecular weight excluding hydrogens is 250 g/mol. The summed E-state index contributed by atoms with van der Waals surface area (Å²) >= 11 is 3.73. The van der Waals surface area contributed by atoms with Gasteiger partial charge in [-0.25, -0.2) is 0 Å². The van der Waals surface area contributed by atoms with E-state index in [1.54, 1.807) is 11.3 Å². The monoisotopic (exact) mass is 271 g/mol. The van der Waals surface area contributed by atoms with E-state index in [9.17, 15) is 5.11 Å². The lowest BCUT2D eigenvalue weighted by molar-refractivity contribution is 0.163. The molecule has 2 rings (SSSR count). The normalized spacial score (nSPS) is 19.2. The van der Waals surface area contributed by atoms with Crippen molar-refractivity contribution in [3.8, 4) is 0 Å². The van der Waals surface area contributed by atoms with Gasteiger partial charge >= 0.3 is 0 Å². The molecule has 1 fully saturated rings. The van der Waals surface area contributed by atoms with E-state index < -0.39 is 0 Å². The van der Waals surface area contributed by atoms with Crippen molar-refractivity contribution in [1.82, 2.24) is 5.32 Å². The van der Waals surface area contributed by atoms with Gasteiger partial charge in [0, 0.05) is 11.6 Å². The molecule has 1 heterocycles. The summed E-state index contributed by atoms with van der Waals surface area (Å²) in [5.41, 5.74) is -0.0722. The first-order valence-electron chi connectivity index (χ1n) is 6.27. The third-order valence-electron chi connectivity index (χ3n) is 3.09. The molecule has 1 aromatic rings. The van der Waals surface area contributed by atoms with Crippen molar-refractivity contribution < 1.29 is 5.11 Å². The van der Waals surface area contributed by atoms with Gasteiger partial charge in [-0.3, -0.25) is 0 Å². The first-order valence-corrected chi connectivity index (χ1v) is 8.13. The zero-order valence-corrected chi connectivity index (χ0v) is 11.9. The van der Waals surface area contributed by atoms with Crippen LogP contribution in [0.25, 0.3) is 0 Å². The molecule has 17 heavy (non-hydrogen) atoms. The highest BCUT2D eigenvalue weighted by Gasteiger charge is 2.31. The molecule has 1 unspecified atom stereocenters. The molecular formula is C13H21NOS2. The molecule has 1 aromatic heterocycles. The summed E-state index contributed by atoms with van der Waals surface area (Å²) in [6, 6.07) is 4.93. The first kappa shape index (κ1) is 13.4. The van der Waals surface area contributed by atoms with Crippen molar-refractivity contribution in [2.75, 3.05) is 12.4 Å². The van der Waals surface area contributed by atoms with E-state index in [0.29, 0.717) is 6.04 Å². The van der Waals surface area contributed by atoms with Crippen LogP contribution in [0.15, 0.2) is 21.7 Å². The van der Waals surface area contributed by atoms with Gasteiger partial charge in [-0.1, -0.05) is 6.07 Å². The molecule has 2 nitrogen and oxygen atoms in total. The van der Waals surface area contributed by atoms with Gasteiger partial charge in [-0.2, -0.15) is 0 Å². The number of nitrogens with one attached hydrogen (secondary N) is 1. The minimum Gasteiger partial charge on any atom is -0.394 e. The topological polar surface area (TPSA) is 32.3 Å². The molecule has 0 amide bonds. The maximum atomic E-state index is 9.48. The second kappa shape index (κ2) is 6.23. The number of aliphatic hydroxyl groups is 1. The molecule has 1 atom stereocenters. The van der Waals surface area contributed by atoms with E-state index in [1.165, 1.54) is 17.1 Å². The standard InChI is InChI=1S/C13H21NOS2/c1-13(10-15,14-11-5-6-11)7-3-9-17-12-4-2-8-16-12/h2,4,8,11,14-15H,3,5-7,9-10H2,1H3.